The molecular formula is C21H27NO5. The van der Waals surface area contributed by atoms with Gasteiger partial charge in [-0.15, -0.1) is 0 Å². The number of hydrogen-bond donors (Lipinski definition) is 0. The molecule has 0 fully saturated rings. The molecule has 0 aliphatic rings. The summed E-state index contributed by atoms with van der Waals surface area (Å²) < 4.78 is 10.5. The Hall–Kier alpha value is -2.60. The van der Waals surface area contributed by atoms with Gasteiger partial charge < -0.3 is 9.47 Å². The maximum atomic E-state index is 12.3. The van der Waals surface area contributed by atoms with Crippen molar-refractivity contribution >= 4 is 23.2 Å². The van der Waals surface area contributed by atoms with Gasteiger partial charge in [0.1, 0.15) is 12.4 Å². The van der Waals surface area contributed by atoms with Gasteiger partial charge in [-0.1, -0.05) is 24.3 Å². The van der Waals surface area contributed by atoms with Crippen LogP contribution >= 0.6 is 0 Å². The third-order valence-corrected chi connectivity index (χ3v) is 3.99. The number of carbonyl (C=O) groups is 2. The topological polar surface area (TPSA) is 65.1 Å². The number of nitrogens with zero attached hydrogens (tertiary/aromatic N) is 1. The predicted octanol–water partition coefficient (Wildman–Crippen LogP) is 3.68. The molecule has 2 rings (SSSR count). The van der Waals surface area contributed by atoms with Crippen molar-refractivity contribution < 1.29 is 23.9 Å². The Morgan fingerprint density at radius 1 is 1.15 bits per heavy atom. The maximum Gasteiger partial charge on any atom is 0.313 e. The van der Waals surface area contributed by atoms with E-state index >= 15 is 0 Å². The lowest BCUT2D eigenvalue weighted by atomic mass is 9.98. The average molecular weight is 373 g/mol. The second-order valence-electron chi connectivity index (χ2n) is 7.31. The SMILES string of the molecule is COc1ccc2cc([C@H](C)C(=O)OCCN(C=O)OC(C)(C)C)ccc2c1. The van der Waals surface area contributed by atoms with Gasteiger partial charge in [0.15, 0.2) is 0 Å². The number of ether oxygens (including phenoxy) is 2. The van der Waals surface area contributed by atoms with E-state index in [2.05, 4.69) is 0 Å². The fourth-order valence-electron chi connectivity index (χ4n) is 2.61. The molecule has 0 saturated heterocycles. The number of benzene rings is 2. The Labute approximate surface area is 160 Å². The maximum absolute atomic E-state index is 12.3. The summed E-state index contributed by atoms with van der Waals surface area (Å²) in [5.74, 6) is 0.0362. The molecule has 0 aromatic heterocycles. The third-order valence-electron chi connectivity index (χ3n) is 3.99. The zero-order chi connectivity index (χ0) is 20.0. The van der Waals surface area contributed by atoms with Crippen LogP contribution in [0.25, 0.3) is 10.8 Å². The van der Waals surface area contributed by atoms with E-state index in [4.69, 9.17) is 14.3 Å². The first-order valence-corrected chi connectivity index (χ1v) is 8.89. The van der Waals surface area contributed by atoms with E-state index in [0.717, 1.165) is 27.1 Å². The molecule has 1 atom stereocenters. The van der Waals surface area contributed by atoms with Gasteiger partial charge in [0.2, 0.25) is 6.41 Å². The largest absolute Gasteiger partial charge is 0.497 e. The molecule has 0 aliphatic carbocycles. The number of hydroxylamine groups is 2. The van der Waals surface area contributed by atoms with Crippen molar-refractivity contribution in [2.75, 3.05) is 20.3 Å². The zero-order valence-corrected chi connectivity index (χ0v) is 16.5. The van der Waals surface area contributed by atoms with Crippen LogP contribution in [0.1, 0.15) is 39.2 Å². The summed E-state index contributed by atoms with van der Waals surface area (Å²) in [7, 11) is 1.63. The molecule has 2 aromatic carbocycles. The van der Waals surface area contributed by atoms with Gasteiger partial charge in [-0.3, -0.25) is 14.4 Å². The van der Waals surface area contributed by atoms with Gasteiger partial charge in [-0.25, -0.2) is 5.06 Å². The number of esters is 1. The van der Waals surface area contributed by atoms with Gasteiger partial charge in [0, 0.05) is 0 Å². The van der Waals surface area contributed by atoms with E-state index in [1.54, 1.807) is 14.0 Å². The molecule has 0 N–H and O–H groups in total. The van der Waals surface area contributed by atoms with Crippen LogP contribution in [-0.4, -0.2) is 43.3 Å². The quantitative estimate of drug-likeness (QED) is 0.401. The van der Waals surface area contributed by atoms with Crippen LogP contribution in [0.2, 0.25) is 0 Å². The first kappa shape index (κ1) is 20.7. The van der Waals surface area contributed by atoms with Gasteiger partial charge in [0.25, 0.3) is 0 Å². The second kappa shape index (κ2) is 8.86. The summed E-state index contributed by atoms with van der Waals surface area (Å²) in [6, 6.07) is 11.6. The fourth-order valence-corrected chi connectivity index (χ4v) is 2.61. The minimum absolute atomic E-state index is 0.0722. The lowest BCUT2D eigenvalue weighted by molar-refractivity contribution is -0.219. The molecule has 0 unspecified atom stereocenters. The molecule has 0 saturated carbocycles. The summed E-state index contributed by atoms with van der Waals surface area (Å²) in [6.07, 6.45) is 0.583. The minimum atomic E-state index is -0.494. The highest BCUT2D eigenvalue weighted by Gasteiger charge is 2.19. The number of hydrogen-bond acceptors (Lipinski definition) is 5. The molecule has 0 spiro atoms. The third kappa shape index (κ3) is 5.96. The minimum Gasteiger partial charge on any atom is -0.497 e. The van der Waals surface area contributed by atoms with Crippen LogP contribution in [0.4, 0.5) is 0 Å². The molecule has 0 aliphatic heterocycles. The number of fused-ring (bicyclic) bond motifs is 1. The molecule has 0 bridgehead atoms. The lowest BCUT2D eigenvalue weighted by Gasteiger charge is -2.26. The first-order valence-electron chi connectivity index (χ1n) is 8.89. The predicted molar refractivity (Wildman–Crippen MR) is 103 cm³/mol. The highest BCUT2D eigenvalue weighted by molar-refractivity contribution is 5.86. The van der Waals surface area contributed by atoms with Crippen molar-refractivity contribution in [3.8, 4) is 5.75 Å². The highest BCUT2D eigenvalue weighted by atomic mass is 16.7. The molecule has 0 heterocycles. The van der Waals surface area contributed by atoms with Crippen LogP contribution in [0.3, 0.4) is 0 Å². The number of methoxy groups -OCH3 is 1. The Bertz CT molecular complexity index is 797. The first-order chi connectivity index (χ1) is 12.7. The van der Waals surface area contributed by atoms with Crippen LogP contribution in [-0.2, 0) is 19.2 Å². The average Bonchev–Trinajstić information content (AvgIpc) is 2.64. The van der Waals surface area contributed by atoms with Crippen LogP contribution in [0, 0.1) is 0 Å². The van der Waals surface area contributed by atoms with Crippen molar-refractivity contribution in [3.63, 3.8) is 0 Å². The zero-order valence-electron chi connectivity index (χ0n) is 16.5. The van der Waals surface area contributed by atoms with Crippen molar-refractivity contribution in [2.45, 2.75) is 39.2 Å². The smallest absolute Gasteiger partial charge is 0.313 e. The van der Waals surface area contributed by atoms with E-state index < -0.39 is 11.5 Å². The lowest BCUT2D eigenvalue weighted by Crippen LogP contribution is -2.35. The van der Waals surface area contributed by atoms with E-state index in [9.17, 15) is 9.59 Å². The monoisotopic (exact) mass is 373 g/mol. The Kier molecular flexibility index (Phi) is 6.80. The fraction of sp³-hybridized carbons (Fsp3) is 0.429. The van der Waals surface area contributed by atoms with E-state index in [-0.39, 0.29) is 19.1 Å². The molecule has 146 valence electrons. The standard InChI is InChI=1S/C21H27NO5/c1-15(20(24)26-11-10-22(14-23)27-21(2,3)4)16-6-7-18-13-19(25-5)9-8-17(18)12-16/h6-9,12-15H,10-11H2,1-5H3/t15-/m0/s1. The van der Waals surface area contributed by atoms with Crippen LogP contribution in [0.15, 0.2) is 36.4 Å². The van der Waals surface area contributed by atoms with Gasteiger partial charge in [-0.05, 0) is 56.2 Å². The van der Waals surface area contributed by atoms with Crippen molar-refractivity contribution in [1.29, 1.82) is 0 Å². The summed E-state index contributed by atoms with van der Waals surface area (Å²) in [5.41, 5.74) is 0.377. The van der Waals surface area contributed by atoms with Gasteiger partial charge >= 0.3 is 5.97 Å². The van der Waals surface area contributed by atoms with Gasteiger partial charge in [0.05, 0.1) is 25.2 Å². The molecular weight excluding hydrogens is 346 g/mol. The highest BCUT2D eigenvalue weighted by Crippen LogP contribution is 2.25. The molecule has 27 heavy (non-hydrogen) atoms. The number of amides is 1. The van der Waals surface area contributed by atoms with E-state index in [0.29, 0.717) is 6.41 Å². The summed E-state index contributed by atoms with van der Waals surface area (Å²) in [6.45, 7) is 7.57. The van der Waals surface area contributed by atoms with Crippen LogP contribution < -0.4 is 4.74 Å². The van der Waals surface area contributed by atoms with Crippen LogP contribution in [0.5, 0.6) is 5.75 Å². The van der Waals surface area contributed by atoms with Gasteiger partial charge in [-0.2, -0.15) is 0 Å². The second-order valence-corrected chi connectivity index (χ2v) is 7.31. The Morgan fingerprint density at radius 2 is 1.81 bits per heavy atom. The van der Waals surface area contributed by atoms with E-state index in [1.165, 1.54) is 0 Å². The molecule has 2 aromatic rings. The number of carbonyl (C=O) groups excluding carboxylic acids is 2. The summed E-state index contributed by atoms with van der Waals surface area (Å²) in [4.78, 5) is 28.8. The summed E-state index contributed by atoms with van der Waals surface area (Å²) >= 11 is 0. The molecule has 6 heteroatoms. The molecule has 6 nitrogen and oxygen atoms in total. The Morgan fingerprint density at radius 3 is 2.44 bits per heavy atom. The van der Waals surface area contributed by atoms with Crippen molar-refractivity contribution in [3.05, 3.63) is 42.0 Å². The molecule has 1 amide bonds. The van der Waals surface area contributed by atoms with Crippen molar-refractivity contribution in [2.24, 2.45) is 0 Å². The molecule has 0 radical (unpaired) electrons. The normalized spacial score (nSPS) is 12.5. The Balaban J connectivity index is 1.96. The number of rotatable bonds is 8. The van der Waals surface area contributed by atoms with Crippen molar-refractivity contribution in [1.82, 2.24) is 5.06 Å². The summed E-state index contributed by atoms with van der Waals surface area (Å²) in [5, 5.41) is 3.21. The van der Waals surface area contributed by atoms with E-state index in [1.807, 2.05) is 57.2 Å².